The summed E-state index contributed by atoms with van der Waals surface area (Å²) in [5, 5.41) is 0. The van der Waals surface area contributed by atoms with Crippen LogP contribution in [0.4, 0.5) is 18.9 Å². The van der Waals surface area contributed by atoms with Gasteiger partial charge in [-0.25, -0.2) is 13.1 Å². The number of hydrogen-bond donors (Lipinski definition) is 1. The summed E-state index contributed by atoms with van der Waals surface area (Å²) in [5.41, 5.74) is 2.18. The van der Waals surface area contributed by atoms with Crippen molar-refractivity contribution in [2.24, 2.45) is 0 Å². The first kappa shape index (κ1) is 23.1. The molecule has 1 aliphatic heterocycles. The van der Waals surface area contributed by atoms with E-state index >= 15 is 0 Å². The quantitative estimate of drug-likeness (QED) is 0.652. The highest BCUT2D eigenvalue weighted by molar-refractivity contribution is 7.89. The standard InChI is InChI=1S/C21H24F3N3O3S/c1-26(18-6-3-2-4-7-18)12-5-11-25-31(29,30)19-9-8-16-10-13-27(15-17(16)14-19)20(28)21(22,23)24/h2-4,6-9,14,25H,5,10-13,15H2,1H3. The summed E-state index contributed by atoms with van der Waals surface area (Å²) >= 11 is 0. The van der Waals surface area contributed by atoms with E-state index in [0.717, 1.165) is 11.3 Å². The molecule has 0 aliphatic carbocycles. The molecule has 0 saturated carbocycles. The number of nitrogens with zero attached hydrogens (tertiary/aromatic N) is 2. The lowest BCUT2D eigenvalue weighted by Gasteiger charge is -2.29. The molecule has 0 saturated heterocycles. The number of amides is 1. The summed E-state index contributed by atoms with van der Waals surface area (Å²) in [6, 6.07) is 14.1. The van der Waals surface area contributed by atoms with E-state index in [1.807, 2.05) is 42.3 Å². The third-order valence-electron chi connectivity index (χ3n) is 5.19. The zero-order valence-electron chi connectivity index (χ0n) is 17.0. The molecular formula is C21H24F3N3O3S. The predicted octanol–water partition coefficient (Wildman–Crippen LogP) is 2.94. The Kier molecular flexibility index (Phi) is 6.90. The highest BCUT2D eigenvalue weighted by Gasteiger charge is 2.43. The Morgan fingerprint density at radius 2 is 1.84 bits per heavy atom. The monoisotopic (exact) mass is 455 g/mol. The third kappa shape index (κ3) is 5.76. The minimum Gasteiger partial charge on any atom is -0.375 e. The number of nitrogens with one attached hydrogen (secondary N) is 1. The van der Waals surface area contributed by atoms with Crippen LogP contribution in [-0.2, 0) is 27.8 Å². The van der Waals surface area contributed by atoms with E-state index in [-0.39, 0.29) is 31.0 Å². The first-order valence-corrected chi connectivity index (χ1v) is 11.3. The number of fused-ring (bicyclic) bond motifs is 1. The van der Waals surface area contributed by atoms with Gasteiger partial charge in [-0.05, 0) is 48.2 Å². The summed E-state index contributed by atoms with van der Waals surface area (Å²) in [6.45, 7) is 0.546. The summed E-state index contributed by atoms with van der Waals surface area (Å²) in [5.74, 6) is -1.91. The minimum absolute atomic E-state index is 0.0241. The van der Waals surface area contributed by atoms with Crippen molar-refractivity contribution < 1.29 is 26.4 Å². The Morgan fingerprint density at radius 3 is 2.52 bits per heavy atom. The smallest absolute Gasteiger partial charge is 0.375 e. The van der Waals surface area contributed by atoms with Crippen molar-refractivity contribution >= 4 is 21.6 Å². The first-order valence-electron chi connectivity index (χ1n) is 9.82. The van der Waals surface area contributed by atoms with Gasteiger partial charge in [0, 0.05) is 38.9 Å². The molecule has 168 valence electrons. The molecule has 1 heterocycles. The number of rotatable bonds is 7. The molecule has 1 aliphatic rings. The predicted molar refractivity (Wildman–Crippen MR) is 111 cm³/mol. The maximum absolute atomic E-state index is 12.7. The Bertz CT molecular complexity index is 1030. The van der Waals surface area contributed by atoms with E-state index < -0.39 is 22.1 Å². The molecule has 2 aromatic rings. The number of alkyl halides is 3. The van der Waals surface area contributed by atoms with Gasteiger partial charge in [0.25, 0.3) is 0 Å². The van der Waals surface area contributed by atoms with E-state index in [1.54, 1.807) is 6.07 Å². The molecule has 1 amide bonds. The van der Waals surface area contributed by atoms with Gasteiger partial charge in [-0.2, -0.15) is 13.2 Å². The molecule has 10 heteroatoms. The number of sulfonamides is 1. The SMILES string of the molecule is CN(CCCNS(=O)(=O)c1ccc2c(c1)CN(C(=O)C(F)(F)F)CC2)c1ccccc1. The molecule has 31 heavy (non-hydrogen) atoms. The van der Waals surface area contributed by atoms with E-state index in [1.165, 1.54) is 12.1 Å². The van der Waals surface area contributed by atoms with E-state index in [0.29, 0.717) is 23.4 Å². The Hall–Kier alpha value is -2.59. The molecule has 0 fully saturated rings. The van der Waals surface area contributed by atoms with E-state index in [9.17, 15) is 26.4 Å². The van der Waals surface area contributed by atoms with Crippen molar-refractivity contribution in [1.29, 1.82) is 0 Å². The highest BCUT2D eigenvalue weighted by Crippen LogP contribution is 2.26. The summed E-state index contributed by atoms with van der Waals surface area (Å²) < 4.78 is 65.9. The third-order valence-corrected chi connectivity index (χ3v) is 6.65. The summed E-state index contributed by atoms with van der Waals surface area (Å²) in [7, 11) is -1.90. The molecule has 0 spiro atoms. The molecule has 0 atom stereocenters. The van der Waals surface area contributed by atoms with Gasteiger partial charge < -0.3 is 9.80 Å². The maximum Gasteiger partial charge on any atom is 0.471 e. The minimum atomic E-state index is -4.95. The van der Waals surface area contributed by atoms with Crippen LogP contribution < -0.4 is 9.62 Å². The topological polar surface area (TPSA) is 69.7 Å². The van der Waals surface area contributed by atoms with Gasteiger partial charge >= 0.3 is 12.1 Å². The van der Waals surface area contributed by atoms with E-state index in [4.69, 9.17) is 0 Å². The van der Waals surface area contributed by atoms with Crippen LogP contribution in [-0.4, -0.2) is 52.1 Å². The van der Waals surface area contributed by atoms with Crippen molar-refractivity contribution in [2.45, 2.75) is 30.5 Å². The fourth-order valence-corrected chi connectivity index (χ4v) is 4.60. The average molecular weight is 456 g/mol. The van der Waals surface area contributed by atoms with Gasteiger partial charge in [0.1, 0.15) is 0 Å². The lowest BCUT2D eigenvalue weighted by Crippen LogP contribution is -2.43. The van der Waals surface area contributed by atoms with Crippen LogP contribution in [0.1, 0.15) is 17.5 Å². The van der Waals surface area contributed by atoms with Crippen LogP contribution in [0.3, 0.4) is 0 Å². The largest absolute Gasteiger partial charge is 0.471 e. The van der Waals surface area contributed by atoms with Crippen molar-refractivity contribution in [3.63, 3.8) is 0 Å². The fourth-order valence-electron chi connectivity index (χ4n) is 3.47. The van der Waals surface area contributed by atoms with Crippen LogP contribution in [0.25, 0.3) is 0 Å². The fraction of sp³-hybridized carbons (Fsp3) is 0.381. The molecule has 6 nitrogen and oxygen atoms in total. The summed E-state index contributed by atoms with van der Waals surface area (Å²) in [6.07, 6.45) is -4.13. The number of hydrogen-bond acceptors (Lipinski definition) is 4. The van der Waals surface area contributed by atoms with Crippen molar-refractivity contribution in [2.75, 3.05) is 31.6 Å². The van der Waals surface area contributed by atoms with Crippen molar-refractivity contribution in [1.82, 2.24) is 9.62 Å². The van der Waals surface area contributed by atoms with Crippen LogP contribution >= 0.6 is 0 Å². The van der Waals surface area contributed by atoms with Crippen molar-refractivity contribution in [3.05, 3.63) is 59.7 Å². The van der Waals surface area contributed by atoms with Gasteiger partial charge in [0.05, 0.1) is 4.90 Å². The molecule has 0 radical (unpaired) electrons. The highest BCUT2D eigenvalue weighted by atomic mass is 32.2. The maximum atomic E-state index is 12.7. The van der Waals surface area contributed by atoms with Gasteiger partial charge in [0.15, 0.2) is 0 Å². The van der Waals surface area contributed by atoms with Gasteiger partial charge in [-0.15, -0.1) is 0 Å². The molecule has 0 unspecified atom stereocenters. The van der Waals surface area contributed by atoms with Gasteiger partial charge in [-0.3, -0.25) is 4.79 Å². The zero-order chi connectivity index (χ0) is 22.6. The lowest BCUT2D eigenvalue weighted by molar-refractivity contribution is -0.186. The van der Waals surface area contributed by atoms with Gasteiger partial charge in [-0.1, -0.05) is 24.3 Å². The zero-order valence-corrected chi connectivity index (χ0v) is 17.8. The number of anilines is 1. The Labute approximate surface area is 179 Å². The number of carbonyl (C=O) groups excluding carboxylic acids is 1. The molecule has 1 N–H and O–H groups in total. The Balaban J connectivity index is 1.60. The van der Waals surface area contributed by atoms with Crippen LogP contribution in [0, 0.1) is 0 Å². The lowest BCUT2D eigenvalue weighted by atomic mass is 10.00. The van der Waals surface area contributed by atoms with E-state index in [2.05, 4.69) is 4.72 Å². The normalized spacial score (nSPS) is 14.3. The second-order valence-corrected chi connectivity index (χ2v) is 9.18. The van der Waals surface area contributed by atoms with Crippen molar-refractivity contribution in [3.8, 4) is 0 Å². The molecule has 3 rings (SSSR count). The van der Waals surface area contributed by atoms with Crippen LogP contribution in [0.5, 0.6) is 0 Å². The average Bonchev–Trinajstić information content (AvgIpc) is 2.75. The van der Waals surface area contributed by atoms with Crippen LogP contribution in [0.2, 0.25) is 0 Å². The van der Waals surface area contributed by atoms with Crippen LogP contribution in [0.15, 0.2) is 53.4 Å². The molecule has 2 aromatic carbocycles. The molecular weight excluding hydrogens is 431 g/mol. The second-order valence-electron chi connectivity index (χ2n) is 7.41. The second kappa shape index (κ2) is 9.27. The number of para-hydroxylation sites is 1. The number of benzene rings is 2. The summed E-state index contributed by atoms with van der Waals surface area (Å²) in [4.78, 5) is 14.2. The molecule has 0 bridgehead atoms. The number of carbonyl (C=O) groups is 1. The Morgan fingerprint density at radius 1 is 1.13 bits per heavy atom. The molecule has 0 aromatic heterocycles. The van der Waals surface area contributed by atoms with Gasteiger partial charge in [0.2, 0.25) is 10.0 Å². The first-order chi connectivity index (χ1) is 14.6. The number of halogens is 3.